The van der Waals surface area contributed by atoms with Crippen molar-refractivity contribution in [2.45, 2.75) is 31.8 Å². The molecule has 2 fully saturated rings. The van der Waals surface area contributed by atoms with Gasteiger partial charge in [0.25, 0.3) is 5.91 Å². The van der Waals surface area contributed by atoms with Gasteiger partial charge in [-0.05, 0) is 55.7 Å². The summed E-state index contributed by atoms with van der Waals surface area (Å²) in [6, 6.07) is 6.64. The third kappa shape index (κ3) is 6.75. The predicted molar refractivity (Wildman–Crippen MR) is 144 cm³/mol. The van der Waals surface area contributed by atoms with E-state index in [4.69, 9.17) is 11.6 Å². The zero-order chi connectivity index (χ0) is 26.7. The van der Waals surface area contributed by atoms with Crippen molar-refractivity contribution in [3.63, 3.8) is 0 Å². The van der Waals surface area contributed by atoms with Crippen molar-refractivity contribution in [3.05, 3.63) is 56.3 Å². The van der Waals surface area contributed by atoms with Gasteiger partial charge in [-0.3, -0.25) is 9.59 Å². The highest BCUT2D eigenvalue weighted by Crippen LogP contribution is 2.29. The number of allylic oxidation sites excluding steroid dienone is 1. The lowest BCUT2D eigenvalue weighted by molar-refractivity contribution is -0.118. The standard InChI is InChI=1S/C24H29ClFN5O4S2/c1-15(21-5-6-22(25)36-21)13-37(34,35)29-19-8-10-31(24(19)33)20-4-3-16(11-18(20)26)23(32)30(2)9-7-17-12-27-14-28-17/h3-6,11,13,17,19,27-29H,7-10,12,14H2,1-2H3/b15-13+/t17?,19-/m0/s1. The van der Waals surface area contributed by atoms with Crippen LogP contribution in [0.25, 0.3) is 5.57 Å². The molecule has 13 heteroatoms. The molecule has 0 aliphatic carbocycles. The molecule has 3 N–H and O–H groups in total. The highest BCUT2D eigenvalue weighted by Gasteiger charge is 2.36. The van der Waals surface area contributed by atoms with Crippen LogP contribution in [0.4, 0.5) is 10.1 Å². The minimum Gasteiger partial charge on any atom is -0.342 e. The first-order valence-corrected chi connectivity index (χ1v) is 14.5. The summed E-state index contributed by atoms with van der Waals surface area (Å²) in [5.74, 6) is -1.59. The van der Waals surface area contributed by atoms with Crippen molar-refractivity contribution < 1.29 is 22.4 Å². The average molecular weight is 570 g/mol. The summed E-state index contributed by atoms with van der Waals surface area (Å²) in [5, 5.41) is 7.53. The van der Waals surface area contributed by atoms with E-state index in [1.807, 2.05) is 0 Å². The number of sulfonamides is 1. The van der Waals surface area contributed by atoms with Gasteiger partial charge >= 0.3 is 0 Å². The van der Waals surface area contributed by atoms with Gasteiger partial charge in [0.15, 0.2) is 0 Å². The van der Waals surface area contributed by atoms with Gasteiger partial charge in [-0.15, -0.1) is 11.3 Å². The summed E-state index contributed by atoms with van der Waals surface area (Å²) in [7, 11) is -2.27. The van der Waals surface area contributed by atoms with Gasteiger partial charge in [0.05, 0.1) is 15.4 Å². The summed E-state index contributed by atoms with van der Waals surface area (Å²) < 4.78 is 43.2. The Kier molecular flexibility index (Phi) is 8.66. The molecule has 1 aromatic heterocycles. The molecule has 2 atom stereocenters. The molecule has 9 nitrogen and oxygen atoms in total. The molecule has 3 heterocycles. The number of anilines is 1. The number of nitrogens with one attached hydrogen (secondary N) is 3. The van der Waals surface area contributed by atoms with Crippen LogP contribution in [0.5, 0.6) is 0 Å². The second kappa shape index (κ2) is 11.6. The van der Waals surface area contributed by atoms with Gasteiger partial charge < -0.3 is 20.4 Å². The normalized spacial score (nSPS) is 20.6. The molecule has 0 bridgehead atoms. The van der Waals surface area contributed by atoms with E-state index >= 15 is 4.39 Å². The Morgan fingerprint density at radius 3 is 2.78 bits per heavy atom. The summed E-state index contributed by atoms with van der Waals surface area (Å²) >= 11 is 7.17. The Labute approximate surface area is 224 Å². The predicted octanol–water partition coefficient (Wildman–Crippen LogP) is 2.61. The lowest BCUT2D eigenvalue weighted by Crippen LogP contribution is -2.41. The minimum atomic E-state index is -3.94. The van der Waals surface area contributed by atoms with Gasteiger partial charge in [0.1, 0.15) is 11.9 Å². The number of benzene rings is 1. The summed E-state index contributed by atoms with van der Waals surface area (Å²) in [4.78, 5) is 29.1. The molecule has 0 spiro atoms. The number of carbonyl (C=O) groups is 2. The molecule has 4 rings (SSSR count). The van der Waals surface area contributed by atoms with E-state index in [2.05, 4.69) is 15.4 Å². The van der Waals surface area contributed by atoms with Crippen LogP contribution in [0.2, 0.25) is 4.34 Å². The van der Waals surface area contributed by atoms with Crippen LogP contribution in [-0.4, -0.2) is 70.6 Å². The third-order valence-corrected chi connectivity index (χ3v) is 9.00. The SMILES string of the molecule is C/C(=C\S(=O)(=O)N[C@H]1CCN(c2ccc(C(=O)N(C)CCC3CNCN3)cc2F)C1=O)c1ccc(Cl)s1. The quantitative estimate of drug-likeness (QED) is 0.428. The fourth-order valence-electron chi connectivity index (χ4n) is 4.35. The number of nitrogens with zero attached hydrogens (tertiary/aromatic N) is 2. The van der Waals surface area contributed by atoms with E-state index in [0.717, 1.165) is 31.1 Å². The van der Waals surface area contributed by atoms with Crippen LogP contribution in [0.15, 0.2) is 35.7 Å². The van der Waals surface area contributed by atoms with Crippen molar-refractivity contribution >= 4 is 56.0 Å². The highest BCUT2D eigenvalue weighted by molar-refractivity contribution is 7.92. The third-order valence-electron chi connectivity index (χ3n) is 6.36. The van der Waals surface area contributed by atoms with Crippen LogP contribution in [-0.2, 0) is 14.8 Å². The lowest BCUT2D eigenvalue weighted by atomic mass is 10.1. The molecule has 1 unspecified atom stereocenters. The van der Waals surface area contributed by atoms with Crippen molar-refractivity contribution in [1.82, 2.24) is 20.3 Å². The molecule has 2 saturated heterocycles. The highest BCUT2D eigenvalue weighted by atomic mass is 35.5. The monoisotopic (exact) mass is 569 g/mol. The maximum absolute atomic E-state index is 15.0. The lowest BCUT2D eigenvalue weighted by Gasteiger charge is -2.21. The molecular formula is C24H29ClFN5O4S2. The Bertz CT molecular complexity index is 1310. The fourth-order valence-corrected chi connectivity index (χ4v) is 6.71. The van der Waals surface area contributed by atoms with Gasteiger partial charge in [-0.2, -0.15) is 4.72 Å². The molecule has 0 saturated carbocycles. The number of halogens is 2. The molecule has 2 aliphatic heterocycles. The summed E-state index contributed by atoms with van der Waals surface area (Å²) in [5.41, 5.74) is 0.672. The largest absolute Gasteiger partial charge is 0.342 e. The fraction of sp³-hybridized carbons (Fsp3) is 0.417. The van der Waals surface area contributed by atoms with E-state index < -0.39 is 27.8 Å². The first kappa shape index (κ1) is 27.7. The van der Waals surface area contributed by atoms with Crippen LogP contribution in [0.1, 0.15) is 35.0 Å². The first-order chi connectivity index (χ1) is 17.5. The number of rotatable bonds is 9. The van der Waals surface area contributed by atoms with E-state index in [-0.39, 0.29) is 36.2 Å². The molecule has 37 heavy (non-hydrogen) atoms. The number of hydrogen-bond donors (Lipinski definition) is 3. The van der Waals surface area contributed by atoms with E-state index in [1.165, 1.54) is 28.4 Å². The average Bonchev–Trinajstić information content (AvgIpc) is 3.59. The van der Waals surface area contributed by atoms with E-state index in [0.29, 0.717) is 21.3 Å². The number of amides is 2. The van der Waals surface area contributed by atoms with Crippen molar-refractivity contribution in [1.29, 1.82) is 0 Å². The number of thiophene rings is 1. The minimum absolute atomic E-state index is 0.00656. The van der Waals surface area contributed by atoms with E-state index in [1.54, 1.807) is 31.0 Å². The van der Waals surface area contributed by atoms with Crippen molar-refractivity contribution in [2.75, 3.05) is 38.3 Å². The van der Waals surface area contributed by atoms with Crippen LogP contribution in [0.3, 0.4) is 0 Å². The summed E-state index contributed by atoms with van der Waals surface area (Å²) in [6.45, 7) is 3.88. The van der Waals surface area contributed by atoms with Crippen LogP contribution >= 0.6 is 22.9 Å². The molecule has 2 aliphatic rings. The van der Waals surface area contributed by atoms with Gasteiger partial charge in [0.2, 0.25) is 15.9 Å². The van der Waals surface area contributed by atoms with Gasteiger partial charge in [0, 0.05) is 49.8 Å². The van der Waals surface area contributed by atoms with Crippen molar-refractivity contribution in [3.8, 4) is 0 Å². The second-order valence-electron chi connectivity index (χ2n) is 9.11. The first-order valence-electron chi connectivity index (χ1n) is 11.8. The smallest absolute Gasteiger partial charge is 0.253 e. The zero-order valence-electron chi connectivity index (χ0n) is 20.5. The Morgan fingerprint density at radius 1 is 1.35 bits per heavy atom. The number of carbonyl (C=O) groups excluding carboxylic acids is 2. The molecule has 2 aromatic rings. The van der Waals surface area contributed by atoms with E-state index in [9.17, 15) is 18.0 Å². The molecule has 1 aromatic carbocycles. The maximum atomic E-state index is 15.0. The summed E-state index contributed by atoms with van der Waals surface area (Å²) in [6.07, 6.45) is 0.952. The van der Waals surface area contributed by atoms with Crippen molar-refractivity contribution in [2.24, 2.45) is 0 Å². The Balaban J connectivity index is 1.39. The van der Waals surface area contributed by atoms with Gasteiger partial charge in [-0.1, -0.05) is 11.6 Å². The Morgan fingerprint density at radius 2 is 2.14 bits per heavy atom. The van der Waals surface area contributed by atoms with Gasteiger partial charge in [-0.25, -0.2) is 12.8 Å². The zero-order valence-corrected chi connectivity index (χ0v) is 22.9. The second-order valence-corrected chi connectivity index (χ2v) is 12.4. The topological polar surface area (TPSA) is 111 Å². The molecule has 0 radical (unpaired) electrons. The molecular weight excluding hydrogens is 541 g/mol. The molecule has 200 valence electrons. The van der Waals surface area contributed by atoms with Crippen LogP contribution in [0, 0.1) is 5.82 Å². The molecule has 2 amide bonds. The maximum Gasteiger partial charge on any atom is 0.253 e. The Hall–Kier alpha value is -2.35. The number of hydrogen-bond acceptors (Lipinski definition) is 7. The van der Waals surface area contributed by atoms with Crippen LogP contribution < -0.4 is 20.3 Å².